The molecule has 2 heteroatoms. The van der Waals surface area contributed by atoms with Crippen LogP contribution in [0, 0.1) is 19.3 Å². The van der Waals surface area contributed by atoms with Crippen molar-refractivity contribution in [1.29, 1.82) is 5.41 Å². The smallest absolute Gasteiger partial charge is 0.122 e. The summed E-state index contributed by atoms with van der Waals surface area (Å²) >= 11 is 0. The van der Waals surface area contributed by atoms with Crippen molar-refractivity contribution in [1.82, 2.24) is 0 Å². The summed E-state index contributed by atoms with van der Waals surface area (Å²) in [5.41, 5.74) is 11.0. The van der Waals surface area contributed by atoms with Crippen LogP contribution in [-0.4, -0.2) is 5.84 Å². The third-order valence-corrected chi connectivity index (χ3v) is 2.73. The molecule has 0 radical (unpaired) electrons. The van der Waals surface area contributed by atoms with E-state index in [4.69, 9.17) is 11.1 Å². The second kappa shape index (κ2) is 4.42. The molecule has 0 aromatic heterocycles. The molecule has 0 saturated carbocycles. The Kier molecular flexibility index (Phi) is 2.96. The number of nitrogens with one attached hydrogen (secondary N) is 1. The molecule has 86 valence electrons. The van der Waals surface area contributed by atoms with E-state index >= 15 is 0 Å². The molecule has 0 aliphatic carbocycles. The molecular weight excluding hydrogens is 208 g/mol. The highest BCUT2D eigenvalue weighted by Gasteiger charge is 2.02. The SMILES string of the molecule is Cc1cc(C)cc(-c2cccc(C(=N)N)c2)c1. The topological polar surface area (TPSA) is 49.9 Å². The zero-order valence-corrected chi connectivity index (χ0v) is 10.1. The molecule has 0 fully saturated rings. The van der Waals surface area contributed by atoms with E-state index in [9.17, 15) is 0 Å². The van der Waals surface area contributed by atoms with Crippen molar-refractivity contribution in [3.63, 3.8) is 0 Å². The normalized spacial score (nSPS) is 10.2. The Bertz CT molecular complexity index is 551. The van der Waals surface area contributed by atoms with Gasteiger partial charge in [-0.25, -0.2) is 0 Å². The second-order valence-electron chi connectivity index (χ2n) is 4.37. The first kappa shape index (κ1) is 11.4. The molecule has 2 aromatic carbocycles. The van der Waals surface area contributed by atoms with Crippen LogP contribution >= 0.6 is 0 Å². The van der Waals surface area contributed by atoms with Crippen LogP contribution in [0.3, 0.4) is 0 Å². The third-order valence-electron chi connectivity index (χ3n) is 2.73. The maximum Gasteiger partial charge on any atom is 0.122 e. The number of nitrogens with two attached hydrogens (primary N) is 1. The Morgan fingerprint density at radius 3 is 2.18 bits per heavy atom. The average Bonchev–Trinajstić information content (AvgIpc) is 2.28. The van der Waals surface area contributed by atoms with Crippen LogP contribution in [-0.2, 0) is 0 Å². The monoisotopic (exact) mass is 224 g/mol. The van der Waals surface area contributed by atoms with Gasteiger partial charge in [0.2, 0.25) is 0 Å². The molecule has 2 rings (SSSR count). The van der Waals surface area contributed by atoms with Crippen molar-refractivity contribution in [2.45, 2.75) is 13.8 Å². The van der Waals surface area contributed by atoms with E-state index in [1.165, 1.54) is 16.7 Å². The molecule has 0 saturated heterocycles. The molecule has 3 N–H and O–H groups in total. The summed E-state index contributed by atoms with van der Waals surface area (Å²) in [6, 6.07) is 14.2. The summed E-state index contributed by atoms with van der Waals surface area (Å²) in [6.45, 7) is 4.18. The molecule has 0 atom stereocenters. The van der Waals surface area contributed by atoms with E-state index in [0.29, 0.717) is 0 Å². The van der Waals surface area contributed by atoms with E-state index in [1.54, 1.807) is 0 Å². The number of hydrogen-bond acceptors (Lipinski definition) is 1. The van der Waals surface area contributed by atoms with E-state index in [2.05, 4.69) is 32.0 Å². The number of hydrogen-bond donors (Lipinski definition) is 2. The zero-order chi connectivity index (χ0) is 12.4. The van der Waals surface area contributed by atoms with E-state index in [1.807, 2.05) is 24.3 Å². The fourth-order valence-electron chi connectivity index (χ4n) is 2.01. The van der Waals surface area contributed by atoms with Crippen LogP contribution in [0.2, 0.25) is 0 Å². The van der Waals surface area contributed by atoms with Gasteiger partial charge >= 0.3 is 0 Å². The molecule has 0 aliphatic rings. The maximum atomic E-state index is 7.46. The Hall–Kier alpha value is -2.09. The van der Waals surface area contributed by atoms with E-state index < -0.39 is 0 Å². The molecule has 0 amide bonds. The fraction of sp³-hybridized carbons (Fsp3) is 0.133. The van der Waals surface area contributed by atoms with Gasteiger partial charge in [-0.05, 0) is 31.0 Å². The lowest BCUT2D eigenvalue weighted by Crippen LogP contribution is -2.10. The van der Waals surface area contributed by atoms with Gasteiger partial charge in [0.15, 0.2) is 0 Å². The van der Waals surface area contributed by atoms with Gasteiger partial charge in [0.05, 0.1) is 0 Å². The lowest BCUT2D eigenvalue weighted by atomic mass is 9.99. The first-order chi connectivity index (χ1) is 8.06. The quantitative estimate of drug-likeness (QED) is 0.597. The number of nitrogen functional groups attached to an aromatic ring is 1. The van der Waals surface area contributed by atoms with Crippen molar-refractivity contribution in [3.05, 3.63) is 59.2 Å². The third kappa shape index (κ3) is 2.53. The lowest BCUT2D eigenvalue weighted by Gasteiger charge is -2.07. The standard InChI is InChI=1S/C15H16N2/c1-10-6-11(2)8-14(7-10)12-4-3-5-13(9-12)15(16)17/h3-9H,1-2H3,(H3,16,17). The van der Waals surface area contributed by atoms with Crippen LogP contribution < -0.4 is 5.73 Å². The molecule has 0 bridgehead atoms. The predicted molar refractivity (Wildman–Crippen MR) is 72.4 cm³/mol. The van der Waals surface area contributed by atoms with Gasteiger partial charge in [0.1, 0.15) is 5.84 Å². The minimum Gasteiger partial charge on any atom is -0.384 e. The summed E-state index contributed by atoms with van der Waals surface area (Å²) in [7, 11) is 0. The molecule has 0 unspecified atom stereocenters. The summed E-state index contributed by atoms with van der Waals surface area (Å²) < 4.78 is 0. The van der Waals surface area contributed by atoms with Gasteiger partial charge in [-0.15, -0.1) is 0 Å². The number of amidine groups is 1. The minimum atomic E-state index is 0.108. The Morgan fingerprint density at radius 1 is 0.941 bits per heavy atom. The fourth-order valence-corrected chi connectivity index (χ4v) is 2.01. The van der Waals surface area contributed by atoms with Crippen molar-refractivity contribution in [3.8, 4) is 11.1 Å². The summed E-state index contributed by atoms with van der Waals surface area (Å²) in [5.74, 6) is 0.108. The summed E-state index contributed by atoms with van der Waals surface area (Å²) in [5, 5.41) is 7.46. The highest BCUT2D eigenvalue weighted by atomic mass is 14.7. The number of rotatable bonds is 2. The van der Waals surface area contributed by atoms with Gasteiger partial charge in [0.25, 0.3) is 0 Å². The first-order valence-corrected chi connectivity index (χ1v) is 5.59. The van der Waals surface area contributed by atoms with Gasteiger partial charge < -0.3 is 5.73 Å². The highest BCUT2D eigenvalue weighted by molar-refractivity contribution is 5.96. The van der Waals surface area contributed by atoms with Gasteiger partial charge in [0, 0.05) is 5.56 Å². The van der Waals surface area contributed by atoms with Crippen LogP contribution in [0.15, 0.2) is 42.5 Å². The number of aryl methyl sites for hydroxylation is 2. The molecule has 2 nitrogen and oxygen atoms in total. The largest absolute Gasteiger partial charge is 0.384 e. The average molecular weight is 224 g/mol. The Labute approximate surface area is 102 Å². The van der Waals surface area contributed by atoms with Gasteiger partial charge in [-0.3, -0.25) is 5.41 Å². The molecule has 2 aromatic rings. The van der Waals surface area contributed by atoms with E-state index in [0.717, 1.165) is 11.1 Å². The highest BCUT2D eigenvalue weighted by Crippen LogP contribution is 2.23. The maximum absolute atomic E-state index is 7.46. The van der Waals surface area contributed by atoms with Crippen molar-refractivity contribution in [2.75, 3.05) is 0 Å². The zero-order valence-electron chi connectivity index (χ0n) is 10.1. The summed E-state index contributed by atoms with van der Waals surface area (Å²) in [6.07, 6.45) is 0. The Morgan fingerprint density at radius 2 is 1.59 bits per heavy atom. The molecule has 0 aliphatic heterocycles. The van der Waals surface area contributed by atoms with Crippen molar-refractivity contribution < 1.29 is 0 Å². The van der Waals surface area contributed by atoms with E-state index in [-0.39, 0.29) is 5.84 Å². The van der Waals surface area contributed by atoms with Crippen LogP contribution in [0.25, 0.3) is 11.1 Å². The lowest BCUT2D eigenvalue weighted by molar-refractivity contribution is 1.38. The van der Waals surface area contributed by atoms with Crippen LogP contribution in [0.4, 0.5) is 0 Å². The van der Waals surface area contributed by atoms with Crippen LogP contribution in [0.5, 0.6) is 0 Å². The molecular formula is C15H16N2. The van der Waals surface area contributed by atoms with Crippen molar-refractivity contribution in [2.24, 2.45) is 5.73 Å². The van der Waals surface area contributed by atoms with Crippen LogP contribution in [0.1, 0.15) is 16.7 Å². The minimum absolute atomic E-state index is 0.108. The predicted octanol–water partition coefficient (Wildman–Crippen LogP) is 3.25. The Balaban J connectivity index is 2.52. The number of benzene rings is 2. The van der Waals surface area contributed by atoms with Gasteiger partial charge in [-0.2, -0.15) is 0 Å². The van der Waals surface area contributed by atoms with Crippen molar-refractivity contribution >= 4 is 5.84 Å². The molecule has 0 heterocycles. The first-order valence-electron chi connectivity index (χ1n) is 5.59. The second-order valence-corrected chi connectivity index (χ2v) is 4.37. The summed E-state index contributed by atoms with van der Waals surface area (Å²) in [4.78, 5) is 0. The molecule has 0 spiro atoms. The van der Waals surface area contributed by atoms with Gasteiger partial charge in [-0.1, -0.05) is 47.5 Å². The molecule has 17 heavy (non-hydrogen) atoms.